The van der Waals surface area contributed by atoms with Gasteiger partial charge in [-0.05, 0) is 53.6 Å². The smallest absolute Gasteiger partial charge is 0.323 e. The number of nitrogens with zero attached hydrogens (tertiary/aromatic N) is 1. The summed E-state index contributed by atoms with van der Waals surface area (Å²) in [5.74, 6) is -0.288. The molecular formula is C26H26N2O8S. The number of benzene rings is 3. The minimum atomic E-state index is -4.10. The van der Waals surface area contributed by atoms with Crippen molar-refractivity contribution in [3.63, 3.8) is 0 Å². The first-order valence-corrected chi connectivity index (χ1v) is 12.6. The first-order chi connectivity index (χ1) is 17.7. The van der Waals surface area contributed by atoms with Gasteiger partial charge in [0.1, 0.15) is 24.1 Å². The first-order valence-electron chi connectivity index (χ1n) is 11.1. The number of methoxy groups -OCH3 is 3. The van der Waals surface area contributed by atoms with E-state index in [1.807, 2.05) is 0 Å². The number of rotatable bonds is 11. The summed E-state index contributed by atoms with van der Waals surface area (Å²) in [7, 11) is -0.247. The molecule has 0 aromatic heterocycles. The highest BCUT2D eigenvalue weighted by Crippen LogP contribution is 2.26. The minimum absolute atomic E-state index is 0.0528. The third-order valence-electron chi connectivity index (χ3n) is 5.55. The lowest BCUT2D eigenvalue weighted by Crippen LogP contribution is -2.41. The van der Waals surface area contributed by atoms with E-state index >= 15 is 0 Å². The molecule has 1 N–H and O–H groups in total. The number of hydrogen-bond acceptors (Lipinski definition) is 9. The zero-order valence-electron chi connectivity index (χ0n) is 20.5. The van der Waals surface area contributed by atoms with Gasteiger partial charge >= 0.3 is 11.9 Å². The van der Waals surface area contributed by atoms with Gasteiger partial charge in [0, 0.05) is 12.0 Å². The van der Waals surface area contributed by atoms with Crippen LogP contribution in [0.4, 0.5) is 0 Å². The maximum atomic E-state index is 13.0. The molecule has 3 rings (SSSR count). The first kappa shape index (κ1) is 27.4. The molecule has 0 heterocycles. The quantitative estimate of drug-likeness (QED) is 0.373. The summed E-state index contributed by atoms with van der Waals surface area (Å²) in [6, 6.07) is 15.6. The van der Waals surface area contributed by atoms with E-state index in [1.165, 1.54) is 26.4 Å². The van der Waals surface area contributed by atoms with Crippen LogP contribution in [-0.4, -0.2) is 47.7 Å². The number of sulfonamides is 1. The fourth-order valence-corrected chi connectivity index (χ4v) is 4.79. The summed E-state index contributed by atoms with van der Waals surface area (Å²) in [6.07, 6.45) is -0.273. The van der Waals surface area contributed by atoms with Crippen molar-refractivity contribution in [2.45, 2.75) is 30.4 Å². The number of ether oxygens (including phenoxy) is 4. The molecule has 37 heavy (non-hydrogen) atoms. The normalized spacial score (nSPS) is 11.8. The van der Waals surface area contributed by atoms with Crippen LogP contribution in [-0.2, 0) is 35.7 Å². The van der Waals surface area contributed by atoms with E-state index in [1.54, 1.807) is 42.5 Å². The molecule has 0 aliphatic rings. The Labute approximate surface area is 214 Å². The van der Waals surface area contributed by atoms with E-state index < -0.39 is 28.0 Å². The van der Waals surface area contributed by atoms with E-state index in [0.29, 0.717) is 22.4 Å². The monoisotopic (exact) mass is 526 g/mol. The van der Waals surface area contributed by atoms with Crippen molar-refractivity contribution in [1.29, 1.82) is 5.26 Å². The zero-order valence-corrected chi connectivity index (χ0v) is 21.3. The highest BCUT2D eigenvalue weighted by molar-refractivity contribution is 7.89. The van der Waals surface area contributed by atoms with Gasteiger partial charge in [-0.2, -0.15) is 9.98 Å². The Morgan fingerprint density at radius 1 is 0.973 bits per heavy atom. The predicted octanol–water partition coefficient (Wildman–Crippen LogP) is 3.07. The molecule has 0 aliphatic carbocycles. The molecule has 3 aromatic rings. The Hall–Kier alpha value is -4.14. The predicted molar refractivity (Wildman–Crippen MR) is 133 cm³/mol. The van der Waals surface area contributed by atoms with Crippen LogP contribution < -0.4 is 14.2 Å². The van der Waals surface area contributed by atoms with E-state index in [-0.39, 0.29) is 24.3 Å². The molecule has 0 fully saturated rings. The number of carbonyl (C=O) groups excluding carboxylic acids is 2. The van der Waals surface area contributed by atoms with Crippen molar-refractivity contribution < 1.29 is 37.0 Å². The highest BCUT2D eigenvalue weighted by Gasteiger charge is 2.27. The average Bonchev–Trinajstić information content (AvgIpc) is 2.92. The van der Waals surface area contributed by atoms with E-state index in [9.17, 15) is 18.0 Å². The van der Waals surface area contributed by atoms with Crippen LogP contribution in [0.3, 0.4) is 0 Å². The van der Waals surface area contributed by atoms with Crippen LogP contribution in [0.15, 0.2) is 59.5 Å². The van der Waals surface area contributed by atoms with Crippen LogP contribution in [0.5, 0.6) is 11.5 Å². The van der Waals surface area contributed by atoms with Crippen LogP contribution in [0.25, 0.3) is 10.8 Å². The number of nitrogens with one attached hydrogen (secondary N) is 1. The van der Waals surface area contributed by atoms with Gasteiger partial charge in [-0.25, -0.2) is 8.42 Å². The Bertz CT molecular complexity index is 1450. The third-order valence-corrected chi connectivity index (χ3v) is 7.02. The second-order valence-electron chi connectivity index (χ2n) is 7.91. The molecule has 3 aromatic carbocycles. The van der Waals surface area contributed by atoms with Gasteiger partial charge in [-0.1, -0.05) is 18.2 Å². The Morgan fingerprint density at radius 2 is 1.70 bits per heavy atom. The van der Waals surface area contributed by atoms with Crippen LogP contribution in [0, 0.1) is 11.3 Å². The van der Waals surface area contributed by atoms with Gasteiger partial charge in [0.2, 0.25) is 10.0 Å². The fraction of sp³-hybridized carbons (Fsp3) is 0.269. The van der Waals surface area contributed by atoms with Gasteiger partial charge in [-0.15, -0.1) is 0 Å². The molecule has 0 saturated carbocycles. The van der Waals surface area contributed by atoms with Crippen molar-refractivity contribution in [3.05, 3.63) is 65.7 Å². The Kier molecular flexibility index (Phi) is 9.05. The molecule has 0 saturated heterocycles. The second kappa shape index (κ2) is 12.2. The fourth-order valence-electron chi connectivity index (χ4n) is 3.54. The van der Waals surface area contributed by atoms with Gasteiger partial charge in [0.25, 0.3) is 0 Å². The molecule has 1 atom stereocenters. The summed E-state index contributed by atoms with van der Waals surface area (Å²) in [4.78, 5) is 23.5. The third kappa shape index (κ3) is 6.97. The number of nitriles is 1. The molecule has 0 spiro atoms. The molecule has 0 aliphatic heterocycles. The number of esters is 2. The number of fused-ring (bicyclic) bond motifs is 1. The van der Waals surface area contributed by atoms with E-state index in [4.69, 9.17) is 14.7 Å². The van der Waals surface area contributed by atoms with Gasteiger partial charge in [-0.3, -0.25) is 9.59 Å². The van der Waals surface area contributed by atoms with Gasteiger partial charge in [0.15, 0.2) is 0 Å². The summed E-state index contributed by atoms with van der Waals surface area (Å²) >= 11 is 0. The molecule has 0 bridgehead atoms. The molecule has 0 unspecified atom stereocenters. The van der Waals surface area contributed by atoms with E-state index in [2.05, 4.69) is 20.3 Å². The molecule has 0 radical (unpaired) electrons. The molecule has 194 valence electrons. The van der Waals surface area contributed by atoms with Crippen molar-refractivity contribution >= 4 is 32.7 Å². The maximum absolute atomic E-state index is 13.0. The van der Waals surface area contributed by atoms with Crippen molar-refractivity contribution in [1.82, 2.24) is 4.72 Å². The van der Waals surface area contributed by atoms with Gasteiger partial charge in [0.05, 0.1) is 37.9 Å². The lowest BCUT2D eigenvalue weighted by atomic mass is 10.1. The van der Waals surface area contributed by atoms with Gasteiger partial charge < -0.3 is 18.9 Å². The van der Waals surface area contributed by atoms with Crippen molar-refractivity contribution in [3.8, 4) is 17.6 Å². The Morgan fingerprint density at radius 3 is 2.38 bits per heavy atom. The Balaban J connectivity index is 1.76. The lowest BCUT2D eigenvalue weighted by molar-refractivity contribution is -0.144. The second-order valence-corrected chi connectivity index (χ2v) is 9.62. The van der Waals surface area contributed by atoms with Crippen LogP contribution in [0.1, 0.15) is 24.0 Å². The summed E-state index contributed by atoms with van der Waals surface area (Å²) < 4.78 is 48.7. The highest BCUT2D eigenvalue weighted by atomic mass is 32.2. The SMILES string of the molecule is COC(=O)CC[C@@H](NS(=O)(=O)c1ccc2cc(OCc3ccc(C#N)cc3OC)ccc2c1)C(=O)OC. The van der Waals surface area contributed by atoms with Crippen LogP contribution in [0.2, 0.25) is 0 Å². The summed E-state index contributed by atoms with van der Waals surface area (Å²) in [5.41, 5.74) is 1.24. The number of carbonyl (C=O) groups is 2. The zero-order chi connectivity index (χ0) is 27.0. The van der Waals surface area contributed by atoms with Crippen LogP contribution >= 0.6 is 0 Å². The summed E-state index contributed by atoms with van der Waals surface area (Å²) in [6.45, 7) is 0.206. The maximum Gasteiger partial charge on any atom is 0.323 e. The van der Waals surface area contributed by atoms with Crippen molar-refractivity contribution in [2.75, 3.05) is 21.3 Å². The lowest BCUT2D eigenvalue weighted by Gasteiger charge is -2.16. The molecule has 11 heteroatoms. The molecule has 0 amide bonds. The number of hydrogen-bond donors (Lipinski definition) is 1. The average molecular weight is 527 g/mol. The standard InChI is InChI=1S/C26H26N2O8S/c1-33-24-12-17(15-27)4-5-20(24)16-36-21-8-6-19-14-22(9-7-18(19)13-21)37(31,32)28-23(26(30)35-3)10-11-25(29)34-2/h4-9,12-14,23,28H,10-11,16H2,1-3H3/t23-/m1/s1. The minimum Gasteiger partial charge on any atom is -0.496 e. The molecule has 10 nitrogen and oxygen atoms in total. The summed E-state index contributed by atoms with van der Waals surface area (Å²) in [5, 5.41) is 10.4. The molecular weight excluding hydrogens is 500 g/mol. The topological polar surface area (TPSA) is 141 Å². The van der Waals surface area contributed by atoms with E-state index in [0.717, 1.165) is 18.1 Å². The largest absolute Gasteiger partial charge is 0.496 e. The van der Waals surface area contributed by atoms with Crippen molar-refractivity contribution in [2.24, 2.45) is 0 Å².